The molecule has 0 aliphatic heterocycles. The number of hydrogen-bond donors (Lipinski definition) is 1. The molecule has 0 radical (unpaired) electrons. The molecular formula is C7H5Cl2NOS. The monoisotopic (exact) mass is 221 g/mol. The highest BCUT2D eigenvalue weighted by Crippen LogP contribution is 2.28. The van der Waals surface area contributed by atoms with Crippen molar-refractivity contribution in [3.05, 3.63) is 27.5 Å². The van der Waals surface area contributed by atoms with Crippen LogP contribution in [0.15, 0.2) is 12.6 Å². The van der Waals surface area contributed by atoms with Crippen molar-refractivity contribution in [3.63, 3.8) is 0 Å². The van der Waals surface area contributed by atoms with Crippen molar-refractivity contribution in [2.45, 2.75) is 0 Å². The first-order valence-corrected chi connectivity index (χ1v) is 4.16. The van der Waals surface area contributed by atoms with Gasteiger partial charge in [-0.05, 0) is 6.07 Å². The maximum Gasteiger partial charge on any atom is 0.169 e. The molecule has 0 unspecified atom stereocenters. The molecular weight excluding hydrogens is 217 g/mol. The van der Waals surface area contributed by atoms with Gasteiger partial charge in [0.25, 0.3) is 0 Å². The minimum absolute atomic E-state index is 0.142. The van der Waals surface area contributed by atoms with E-state index >= 15 is 0 Å². The molecule has 64 valence electrons. The fraction of sp³-hybridized carbons (Fsp3) is 0. The first kappa shape index (κ1) is 9.58. The summed E-state index contributed by atoms with van der Waals surface area (Å²) in [5.41, 5.74) is 0. The zero-order valence-corrected chi connectivity index (χ0v) is 8.25. The molecule has 0 atom stereocenters. The van der Waals surface area contributed by atoms with Gasteiger partial charge in [-0.1, -0.05) is 42.0 Å². The summed E-state index contributed by atoms with van der Waals surface area (Å²) >= 11 is 16.2. The Bertz CT molecular complexity index is 386. The van der Waals surface area contributed by atoms with Crippen LogP contribution in [0.2, 0.25) is 10.2 Å². The molecule has 0 fully saturated rings. The van der Waals surface area contributed by atoms with Crippen LogP contribution >= 0.6 is 35.4 Å². The molecule has 0 bridgehead atoms. The molecule has 1 N–H and O–H groups in total. The maximum atomic E-state index is 9.28. The molecule has 0 amide bonds. The molecule has 0 aromatic carbocycles. The molecule has 0 saturated carbocycles. The van der Waals surface area contributed by atoms with E-state index in [0.717, 1.165) is 0 Å². The largest absolute Gasteiger partial charge is 0.504 e. The van der Waals surface area contributed by atoms with Crippen LogP contribution in [0, 0.1) is 4.64 Å². The van der Waals surface area contributed by atoms with E-state index in [1.54, 1.807) is 0 Å². The van der Waals surface area contributed by atoms with Gasteiger partial charge < -0.3 is 5.11 Å². The Morgan fingerprint density at radius 1 is 1.58 bits per heavy atom. The normalized spacial score (nSPS) is 9.83. The summed E-state index contributed by atoms with van der Waals surface area (Å²) in [5.74, 6) is -0.157. The van der Waals surface area contributed by atoms with E-state index in [9.17, 15) is 5.11 Å². The summed E-state index contributed by atoms with van der Waals surface area (Å²) in [7, 11) is 0. The van der Waals surface area contributed by atoms with Crippen LogP contribution in [0.3, 0.4) is 0 Å². The summed E-state index contributed by atoms with van der Waals surface area (Å²) in [6.07, 6.45) is 1.40. The highest BCUT2D eigenvalue weighted by Gasteiger charge is 2.05. The first-order valence-electron chi connectivity index (χ1n) is 3.00. The molecule has 12 heavy (non-hydrogen) atoms. The van der Waals surface area contributed by atoms with Gasteiger partial charge in [0.1, 0.15) is 5.15 Å². The lowest BCUT2D eigenvalue weighted by Crippen LogP contribution is -1.92. The van der Waals surface area contributed by atoms with Crippen molar-refractivity contribution in [2.24, 2.45) is 0 Å². The van der Waals surface area contributed by atoms with E-state index in [2.05, 4.69) is 6.58 Å². The molecule has 0 saturated heterocycles. The number of aromatic hydroxyl groups is 1. The summed E-state index contributed by atoms with van der Waals surface area (Å²) in [6, 6.07) is 1.40. The lowest BCUT2D eigenvalue weighted by Gasteiger charge is -2.05. The molecule has 1 heterocycles. The van der Waals surface area contributed by atoms with E-state index in [4.69, 9.17) is 35.4 Å². The zero-order valence-electron chi connectivity index (χ0n) is 5.92. The SMILES string of the molecule is C=Cn1c(Cl)cc(Cl)c(O)c1=S. The minimum Gasteiger partial charge on any atom is -0.504 e. The van der Waals surface area contributed by atoms with Crippen LogP contribution < -0.4 is 0 Å². The number of hydrogen-bond acceptors (Lipinski definition) is 2. The van der Waals surface area contributed by atoms with Crippen LogP contribution in [-0.4, -0.2) is 9.67 Å². The molecule has 2 nitrogen and oxygen atoms in total. The van der Waals surface area contributed by atoms with Gasteiger partial charge >= 0.3 is 0 Å². The van der Waals surface area contributed by atoms with Crippen LogP contribution in [0.1, 0.15) is 0 Å². The van der Waals surface area contributed by atoms with Crippen LogP contribution in [-0.2, 0) is 0 Å². The second-order valence-corrected chi connectivity index (χ2v) is 3.20. The van der Waals surface area contributed by atoms with Crippen molar-refractivity contribution in [1.29, 1.82) is 0 Å². The van der Waals surface area contributed by atoms with Gasteiger partial charge in [0.15, 0.2) is 10.4 Å². The Labute approximate surface area is 84.7 Å². The number of nitrogens with zero attached hydrogens (tertiary/aromatic N) is 1. The lowest BCUT2D eigenvalue weighted by atomic mass is 10.4. The van der Waals surface area contributed by atoms with Crippen LogP contribution in [0.25, 0.3) is 6.20 Å². The van der Waals surface area contributed by atoms with Gasteiger partial charge in [-0.25, -0.2) is 0 Å². The van der Waals surface area contributed by atoms with E-state index < -0.39 is 0 Å². The van der Waals surface area contributed by atoms with Gasteiger partial charge in [-0.3, -0.25) is 4.57 Å². The predicted octanol–water partition coefficient (Wildman–Crippen LogP) is 3.33. The van der Waals surface area contributed by atoms with E-state index in [1.807, 2.05) is 0 Å². The molecule has 5 heteroatoms. The molecule has 1 aromatic heterocycles. The fourth-order valence-electron chi connectivity index (χ4n) is 0.726. The second kappa shape index (κ2) is 3.47. The predicted molar refractivity (Wildman–Crippen MR) is 53.3 cm³/mol. The second-order valence-electron chi connectivity index (χ2n) is 2.02. The standard InChI is InChI=1S/C7H5Cl2NOS/c1-2-10-5(9)3-4(8)6(11)7(10)12/h2-3,11H,1H2. The van der Waals surface area contributed by atoms with Crippen molar-refractivity contribution in [3.8, 4) is 5.75 Å². The lowest BCUT2D eigenvalue weighted by molar-refractivity contribution is 0.469. The first-order chi connectivity index (χ1) is 5.57. The zero-order chi connectivity index (χ0) is 9.30. The van der Waals surface area contributed by atoms with Crippen molar-refractivity contribution >= 4 is 41.6 Å². The topological polar surface area (TPSA) is 25.2 Å². The molecule has 1 aromatic rings. The minimum atomic E-state index is -0.157. The van der Waals surface area contributed by atoms with Gasteiger partial charge in [0.2, 0.25) is 0 Å². The summed E-state index contributed by atoms with van der Waals surface area (Å²) in [4.78, 5) is 0. The van der Waals surface area contributed by atoms with Crippen LogP contribution in [0.5, 0.6) is 5.75 Å². The van der Waals surface area contributed by atoms with Crippen molar-refractivity contribution < 1.29 is 5.11 Å². The maximum absolute atomic E-state index is 9.28. The Balaban J connectivity index is 3.63. The number of pyridine rings is 1. The van der Waals surface area contributed by atoms with Crippen LogP contribution in [0.4, 0.5) is 0 Å². The Hall–Kier alpha value is -0.510. The number of halogens is 2. The third-order valence-corrected chi connectivity index (χ3v) is 2.28. The smallest absolute Gasteiger partial charge is 0.169 e. The highest BCUT2D eigenvalue weighted by molar-refractivity contribution is 7.71. The molecule has 0 spiro atoms. The van der Waals surface area contributed by atoms with Gasteiger partial charge in [-0.15, -0.1) is 0 Å². The fourth-order valence-corrected chi connectivity index (χ4v) is 1.63. The average molecular weight is 222 g/mol. The summed E-state index contributed by atoms with van der Waals surface area (Å²) in [6.45, 7) is 3.48. The van der Waals surface area contributed by atoms with E-state index in [1.165, 1.54) is 16.8 Å². The summed E-state index contributed by atoms with van der Waals surface area (Å²) in [5, 5.41) is 9.74. The van der Waals surface area contributed by atoms with Gasteiger partial charge in [0.05, 0.1) is 5.02 Å². The average Bonchev–Trinajstić information content (AvgIpc) is 2.01. The van der Waals surface area contributed by atoms with Crippen molar-refractivity contribution in [1.82, 2.24) is 4.57 Å². The highest BCUT2D eigenvalue weighted by atomic mass is 35.5. The Morgan fingerprint density at radius 2 is 2.17 bits per heavy atom. The van der Waals surface area contributed by atoms with Crippen molar-refractivity contribution in [2.75, 3.05) is 0 Å². The van der Waals surface area contributed by atoms with E-state index in [-0.39, 0.29) is 15.4 Å². The summed E-state index contributed by atoms with van der Waals surface area (Å²) < 4.78 is 1.51. The molecule has 1 rings (SSSR count). The number of aromatic nitrogens is 1. The quantitative estimate of drug-likeness (QED) is 0.582. The van der Waals surface area contributed by atoms with Gasteiger partial charge in [0, 0.05) is 6.20 Å². The Morgan fingerprint density at radius 3 is 2.67 bits per heavy atom. The number of rotatable bonds is 1. The van der Waals surface area contributed by atoms with E-state index in [0.29, 0.717) is 5.15 Å². The third-order valence-electron chi connectivity index (χ3n) is 1.31. The molecule has 0 aliphatic carbocycles. The Kier molecular flexibility index (Phi) is 2.77. The molecule has 0 aliphatic rings. The third kappa shape index (κ3) is 1.48. The van der Waals surface area contributed by atoms with Gasteiger partial charge in [-0.2, -0.15) is 0 Å².